The molecule has 7 heteroatoms. The van der Waals surface area contributed by atoms with E-state index in [1.165, 1.54) is 0 Å². The Kier molecular flexibility index (Phi) is 8.39. The van der Waals surface area contributed by atoms with Gasteiger partial charge in [-0.2, -0.15) is 0 Å². The van der Waals surface area contributed by atoms with Crippen LogP contribution < -0.4 is 5.73 Å². The average molecular weight is 325 g/mol. The van der Waals surface area contributed by atoms with E-state index in [1.54, 1.807) is 20.8 Å². The lowest BCUT2D eigenvalue weighted by Crippen LogP contribution is -2.27. The van der Waals surface area contributed by atoms with Gasteiger partial charge in [-0.3, -0.25) is 9.59 Å². The maximum Gasteiger partial charge on any atom is 0.405 e. The molecule has 0 aliphatic rings. The number of carboxylic acid groups (broad SMARTS) is 2. The molecule has 0 fully saturated rings. The summed E-state index contributed by atoms with van der Waals surface area (Å²) in [6, 6.07) is 9.23. The van der Waals surface area contributed by atoms with E-state index < -0.39 is 29.6 Å². The highest BCUT2D eigenvalue weighted by Crippen LogP contribution is 2.10. The van der Waals surface area contributed by atoms with Crippen LogP contribution in [0.5, 0.6) is 0 Å². The van der Waals surface area contributed by atoms with Crippen LogP contribution in [0.15, 0.2) is 30.3 Å². The highest BCUT2D eigenvalue weighted by atomic mass is 16.6. The van der Waals surface area contributed by atoms with Gasteiger partial charge in [-0.05, 0) is 39.2 Å². The Morgan fingerprint density at radius 3 is 1.87 bits per heavy atom. The second-order valence-electron chi connectivity index (χ2n) is 5.79. The number of ether oxygens (including phenoxy) is 1. The molecule has 0 aliphatic carbocycles. The molecule has 7 nitrogen and oxygen atoms in total. The number of rotatable bonds is 5. The van der Waals surface area contributed by atoms with Crippen molar-refractivity contribution in [1.82, 2.24) is 0 Å². The van der Waals surface area contributed by atoms with E-state index in [2.05, 4.69) is 4.74 Å². The lowest BCUT2D eigenvalue weighted by atomic mass is 10.00. The van der Waals surface area contributed by atoms with Gasteiger partial charge in [0.25, 0.3) is 0 Å². The Morgan fingerprint density at radius 1 is 1.09 bits per heavy atom. The van der Waals surface area contributed by atoms with E-state index in [4.69, 9.17) is 15.9 Å². The monoisotopic (exact) mass is 325 g/mol. The van der Waals surface area contributed by atoms with E-state index in [9.17, 15) is 14.4 Å². The molecule has 23 heavy (non-hydrogen) atoms. The molecule has 0 bridgehead atoms. The van der Waals surface area contributed by atoms with E-state index in [-0.39, 0.29) is 6.42 Å². The summed E-state index contributed by atoms with van der Waals surface area (Å²) >= 11 is 0. The molecule has 1 amide bonds. The van der Waals surface area contributed by atoms with E-state index in [0.29, 0.717) is 6.42 Å². The number of nitrogens with two attached hydrogens (primary N) is 1. The van der Waals surface area contributed by atoms with Gasteiger partial charge >= 0.3 is 18.0 Å². The zero-order chi connectivity index (χ0) is 18.0. The Labute approximate surface area is 135 Å². The number of benzene rings is 1. The molecular weight excluding hydrogens is 302 g/mol. The Hall–Kier alpha value is -2.57. The fraction of sp³-hybridized carbons (Fsp3) is 0.438. The molecule has 1 aromatic rings. The summed E-state index contributed by atoms with van der Waals surface area (Å²) in [7, 11) is 0. The smallest absolute Gasteiger partial charge is 0.405 e. The first-order valence-corrected chi connectivity index (χ1v) is 7.01. The Bertz CT molecular complexity index is 507. The molecule has 0 saturated heterocycles. The van der Waals surface area contributed by atoms with Crippen LogP contribution in [-0.4, -0.2) is 33.8 Å². The van der Waals surface area contributed by atoms with Gasteiger partial charge in [0.15, 0.2) is 5.92 Å². The van der Waals surface area contributed by atoms with Crippen molar-refractivity contribution in [1.29, 1.82) is 0 Å². The van der Waals surface area contributed by atoms with Crippen LogP contribution in [0.1, 0.15) is 32.8 Å². The SMILES string of the molecule is CC(C)(C)OC(N)=O.O=C(O)C(CCc1ccccc1)C(=O)O. The van der Waals surface area contributed by atoms with Gasteiger partial charge in [0.05, 0.1) is 0 Å². The summed E-state index contributed by atoms with van der Waals surface area (Å²) in [6.45, 7) is 5.28. The molecule has 0 spiro atoms. The van der Waals surface area contributed by atoms with Crippen LogP contribution in [0.2, 0.25) is 0 Å². The van der Waals surface area contributed by atoms with Crippen molar-refractivity contribution in [3.63, 3.8) is 0 Å². The predicted molar refractivity (Wildman–Crippen MR) is 83.9 cm³/mol. The predicted octanol–water partition coefficient (Wildman–Crippen LogP) is 2.28. The number of carbonyl (C=O) groups excluding carboxylic acids is 1. The van der Waals surface area contributed by atoms with Crippen LogP contribution >= 0.6 is 0 Å². The summed E-state index contributed by atoms with van der Waals surface area (Å²) in [5.74, 6) is -3.87. The molecule has 0 aliphatic heterocycles. The number of amides is 1. The van der Waals surface area contributed by atoms with Crippen molar-refractivity contribution >= 4 is 18.0 Å². The van der Waals surface area contributed by atoms with E-state index in [0.717, 1.165) is 5.56 Å². The largest absolute Gasteiger partial charge is 0.481 e. The summed E-state index contributed by atoms with van der Waals surface area (Å²) in [6.07, 6.45) is -0.142. The van der Waals surface area contributed by atoms with Crippen LogP contribution in [0.3, 0.4) is 0 Å². The van der Waals surface area contributed by atoms with Crippen molar-refractivity contribution in [2.45, 2.75) is 39.2 Å². The number of hydrogen-bond donors (Lipinski definition) is 3. The topological polar surface area (TPSA) is 127 Å². The first-order valence-electron chi connectivity index (χ1n) is 7.01. The van der Waals surface area contributed by atoms with E-state index >= 15 is 0 Å². The lowest BCUT2D eigenvalue weighted by molar-refractivity contribution is -0.154. The second-order valence-corrected chi connectivity index (χ2v) is 5.79. The van der Waals surface area contributed by atoms with Crippen molar-refractivity contribution in [3.05, 3.63) is 35.9 Å². The minimum absolute atomic E-state index is 0.120. The third-order valence-electron chi connectivity index (χ3n) is 2.57. The number of carboxylic acids is 2. The molecule has 1 rings (SSSR count). The minimum Gasteiger partial charge on any atom is -0.481 e. The highest BCUT2D eigenvalue weighted by molar-refractivity contribution is 5.92. The first-order chi connectivity index (χ1) is 10.5. The quantitative estimate of drug-likeness (QED) is 0.713. The highest BCUT2D eigenvalue weighted by Gasteiger charge is 2.24. The Balaban J connectivity index is 0.000000515. The number of carbonyl (C=O) groups is 3. The number of primary amides is 1. The van der Waals surface area contributed by atoms with Crippen molar-refractivity contribution in [2.24, 2.45) is 11.7 Å². The van der Waals surface area contributed by atoms with E-state index in [1.807, 2.05) is 30.3 Å². The standard InChI is InChI=1S/C11H12O4.C5H11NO2/c12-10(13)9(11(14)15)7-6-8-4-2-1-3-5-8;1-5(2,3)8-4(6)7/h1-5,9H,6-7H2,(H,12,13)(H,14,15);1-3H3,(H2,6,7). The second kappa shape index (κ2) is 9.45. The van der Waals surface area contributed by atoms with Gasteiger partial charge in [0.1, 0.15) is 5.60 Å². The van der Waals surface area contributed by atoms with Gasteiger partial charge in [0.2, 0.25) is 0 Å². The van der Waals surface area contributed by atoms with Gasteiger partial charge in [-0.25, -0.2) is 4.79 Å². The van der Waals surface area contributed by atoms with Crippen LogP contribution in [0.4, 0.5) is 4.79 Å². The average Bonchev–Trinajstić information content (AvgIpc) is 2.37. The molecule has 0 aromatic heterocycles. The first kappa shape index (κ1) is 20.4. The fourth-order valence-corrected chi connectivity index (χ4v) is 1.61. The maximum absolute atomic E-state index is 10.6. The molecule has 1 aromatic carbocycles. The van der Waals surface area contributed by atoms with Crippen LogP contribution in [0, 0.1) is 5.92 Å². The van der Waals surface area contributed by atoms with Crippen molar-refractivity contribution < 1.29 is 29.3 Å². The van der Waals surface area contributed by atoms with Crippen molar-refractivity contribution in [2.75, 3.05) is 0 Å². The van der Waals surface area contributed by atoms with Crippen LogP contribution in [-0.2, 0) is 20.7 Å². The Morgan fingerprint density at radius 2 is 1.57 bits per heavy atom. The summed E-state index contributed by atoms with van der Waals surface area (Å²) < 4.78 is 4.58. The zero-order valence-corrected chi connectivity index (χ0v) is 13.5. The molecule has 0 heterocycles. The lowest BCUT2D eigenvalue weighted by Gasteiger charge is -2.16. The molecule has 0 saturated carbocycles. The number of aryl methyl sites for hydroxylation is 1. The summed E-state index contributed by atoms with van der Waals surface area (Å²) in [5, 5.41) is 17.3. The van der Waals surface area contributed by atoms with Crippen LogP contribution in [0.25, 0.3) is 0 Å². The summed E-state index contributed by atoms with van der Waals surface area (Å²) in [5.41, 5.74) is 5.21. The molecule has 128 valence electrons. The fourth-order valence-electron chi connectivity index (χ4n) is 1.61. The van der Waals surface area contributed by atoms with Gasteiger partial charge < -0.3 is 20.7 Å². The van der Waals surface area contributed by atoms with Gasteiger partial charge in [0, 0.05) is 0 Å². The normalized spacial score (nSPS) is 10.4. The summed E-state index contributed by atoms with van der Waals surface area (Å²) in [4.78, 5) is 31.2. The molecular formula is C16H23NO6. The molecule has 4 N–H and O–H groups in total. The van der Waals surface area contributed by atoms with Gasteiger partial charge in [-0.15, -0.1) is 0 Å². The third-order valence-corrected chi connectivity index (χ3v) is 2.57. The maximum atomic E-state index is 10.6. The minimum atomic E-state index is -1.31. The molecule has 0 atom stereocenters. The van der Waals surface area contributed by atoms with Crippen molar-refractivity contribution in [3.8, 4) is 0 Å². The zero-order valence-electron chi connectivity index (χ0n) is 13.5. The number of hydrogen-bond acceptors (Lipinski definition) is 4. The molecule has 0 unspecified atom stereocenters. The van der Waals surface area contributed by atoms with Gasteiger partial charge in [-0.1, -0.05) is 30.3 Å². The third kappa shape index (κ3) is 10.8. The number of aliphatic carboxylic acids is 2. The molecule has 0 radical (unpaired) electrons.